The molecule has 1 atom stereocenters. The number of nitriles is 1. The molecule has 4 heteroatoms. The molecule has 0 heterocycles. The van der Waals surface area contributed by atoms with E-state index in [9.17, 15) is 10.1 Å². The van der Waals surface area contributed by atoms with Gasteiger partial charge in [-0.2, -0.15) is 5.26 Å². The average Bonchev–Trinajstić information content (AvgIpc) is 3.08. The van der Waals surface area contributed by atoms with Crippen molar-refractivity contribution in [3.05, 3.63) is 60.2 Å². The van der Waals surface area contributed by atoms with Crippen molar-refractivity contribution in [3.8, 4) is 6.07 Å². The minimum Gasteiger partial charge on any atom is -0.442 e. The Morgan fingerprint density at radius 3 is 2.19 bits per heavy atom. The first-order valence-corrected chi connectivity index (χ1v) is 9.19. The summed E-state index contributed by atoms with van der Waals surface area (Å²) in [5.41, 5.74) is 2.44. The summed E-state index contributed by atoms with van der Waals surface area (Å²) in [4.78, 5) is 14.7. The minimum atomic E-state index is -0.908. The van der Waals surface area contributed by atoms with Crippen LogP contribution in [0.5, 0.6) is 0 Å². The van der Waals surface area contributed by atoms with E-state index in [1.54, 1.807) is 0 Å². The Balaban J connectivity index is 1.79. The fourth-order valence-corrected chi connectivity index (χ4v) is 3.84. The highest BCUT2D eigenvalue weighted by atomic mass is 16.5. The van der Waals surface area contributed by atoms with Crippen LogP contribution in [0.25, 0.3) is 0 Å². The van der Waals surface area contributed by atoms with Gasteiger partial charge in [-0.3, -0.25) is 4.79 Å². The smallest absolute Gasteiger partial charge is 0.311 e. The van der Waals surface area contributed by atoms with Crippen molar-refractivity contribution >= 4 is 17.3 Å². The molecule has 0 saturated heterocycles. The van der Waals surface area contributed by atoms with Gasteiger partial charge < -0.3 is 9.64 Å². The van der Waals surface area contributed by atoms with Gasteiger partial charge in [0.2, 0.25) is 6.10 Å². The summed E-state index contributed by atoms with van der Waals surface area (Å²) >= 11 is 0. The molecule has 1 saturated carbocycles. The van der Waals surface area contributed by atoms with Crippen LogP contribution >= 0.6 is 0 Å². The average molecular weight is 362 g/mol. The van der Waals surface area contributed by atoms with E-state index in [2.05, 4.69) is 33.8 Å². The molecule has 27 heavy (non-hydrogen) atoms. The molecule has 2 aromatic rings. The molecule has 0 amide bonds. The van der Waals surface area contributed by atoms with Crippen molar-refractivity contribution in [1.82, 2.24) is 0 Å². The standard InChI is InChI=1S/C23H26N2O2/c1-22(2)20(23(22,3)4)21(26)27-19(15-24)16-10-9-13-18(14-16)25(5)17-11-7-6-8-12-17/h6-14,19-20H,1-5H3. The van der Waals surface area contributed by atoms with Crippen molar-refractivity contribution in [3.63, 3.8) is 0 Å². The Labute approximate surface area is 161 Å². The molecular weight excluding hydrogens is 336 g/mol. The number of nitrogens with zero attached hydrogens (tertiary/aromatic N) is 2. The third kappa shape index (κ3) is 3.30. The number of rotatable bonds is 5. The summed E-state index contributed by atoms with van der Waals surface area (Å²) in [5, 5.41) is 9.60. The van der Waals surface area contributed by atoms with Gasteiger partial charge in [0.05, 0.1) is 5.92 Å². The van der Waals surface area contributed by atoms with E-state index < -0.39 is 6.10 Å². The summed E-state index contributed by atoms with van der Waals surface area (Å²) in [6.07, 6.45) is -0.908. The summed E-state index contributed by atoms with van der Waals surface area (Å²) in [5.74, 6) is -0.477. The quantitative estimate of drug-likeness (QED) is 0.682. The first-order chi connectivity index (χ1) is 12.7. The van der Waals surface area contributed by atoms with Crippen LogP contribution in [0, 0.1) is 28.1 Å². The Morgan fingerprint density at radius 2 is 1.63 bits per heavy atom. The lowest BCUT2D eigenvalue weighted by Crippen LogP contribution is -2.16. The van der Waals surface area contributed by atoms with Crippen molar-refractivity contribution in [2.45, 2.75) is 33.8 Å². The fourth-order valence-electron chi connectivity index (χ4n) is 3.84. The highest BCUT2D eigenvalue weighted by molar-refractivity contribution is 5.79. The van der Waals surface area contributed by atoms with Gasteiger partial charge in [-0.1, -0.05) is 58.0 Å². The maximum Gasteiger partial charge on any atom is 0.311 e. The van der Waals surface area contributed by atoms with Gasteiger partial charge in [-0.15, -0.1) is 0 Å². The number of benzene rings is 2. The summed E-state index contributed by atoms with van der Waals surface area (Å²) in [6.45, 7) is 8.26. The van der Waals surface area contributed by atoms with Crippen LogP contribution in [0.4, 0.5) is 11.4 Å². The minimum absolute atomic E-state index is 0.112. The van der Waals surface area contributed by atoms with Gasteiger partial charge in [-0.05, 0) is 35.1 Å². The number of para-hydroxylation sites is 1. The van der Waals surface area contributed by atoms with Gasteiger partial charge in [0.25, 0.3) is 0 Å². The second-order valence-corrected chi connectivity index (χ2v) is 8.31. The van der Waals surface area contributed by atoms with Gasteiger partial charge in [0.1, 0.15) is 6.07 Å². The highest BCUT2D eigenvalue weighted by Gasteiger charge is 2.69. The molecule has 0 bridgehead atoms. The van der Waals surface area contributed by atoms with Crippen molar-refractivity contribution < 1.29 is 9.53 Å². The molecule has 2 aromatic carbocycles. The van der Waals surface area contributed by atoms with Crippen molar-refractivity contribution in [2.24, 2.45) is 16.7 Å². The van der Waals surface area contributed by atoms with E-state index in [1.165, 1.54) is 0 Å². The monoisotopic (exact) mass is 362 g/mol. The SMILES string of the molecule is CN(c1ccccc1)c1cccc(C(C#N)OC(=O)C2C(C)(C)C2(C)C)c1. The normalized spacial score (nSPS) is 18.2. The zero-order valence-corrected chi connectivity index (χ0v) is 16.6. The number of carbonyl (C=O) groups is 1. The lowest BCUT2D eigenvalue weighted by atomic mass is 10.0. The van der Waals surface area contributed by atoms with E-state index in [4.69, 9.17) is 4.74 Å². The van der Waals surface area contributed by atoms with E-state index in [-0.39, 0.29) is 22.7 Å². The molecule has 4 nitrogen and oxygen atoms in total. The summed E-state index contributed by atoms with van der Waals surface area (Å²) in [6, 6.07) is 19.7. The Kier molecular flexibility index (Phi) is 4.73. The molecule has 0 spiro atoms. The maximum absolute atomic E-state index is 12.6. The number of ether oxygens (including phenoxy) is 1. The lowest BCUT2D eigenvalue weighted by Gasteiger charge is -2.21. The zero-order valence-electron chi connectivity index (χ0n) is 16.6. The second kappa shape index (κ2) is 6.74. The van der Waals surface area contributed by atoms with Crippen molar-refractivity contribution in [1.29, 1.82) is 5.26 Å². The van der Waals surface area contributed by atoms with Crippen LogP contribution in [-0.4, -0.2) is 13.0 Å². The highest BCUT2D eigenvalue weighted by Crippen LogP contribution is 2.68. The summed E-state index contributed by atoms with van der Waals surface area (Å²) in [7, 11) is 1.97. The molecule has 1 fully saturated rings. The number of esters is 1. The molecule has 0 N–H and O–H groups in total. The number of hydrogen-bond donors (Lipinski definition) is 0. The van der Waals surface area contributed by atoms with E-state index >= 15 is 0 Å². The molecule has 0 aromatic heterocycles. The maximum atomic E-state index is 12.6. The Bertz CT molecular complexity index is 867. The predicted molar refractivity (Wildman–Crippen MR) is 106 cm³/mol. The van der Waals surface area contributed by atoms with Gasteiger partial charge in [-0.25, -0.2) is 0 Å². The van der Waals surface area contributed by atoms with E-state index in [1.807, 2.05) is 66.5 Å². The van der Waals surface area contributed by atoms with Crippen LogP contribution in [-0.2, 0) is 9.53 Å². The first kappa shape index (κ1) is 19.0. The predicted octanol–water partition coefficient (Wildman–Crippen LogP) is 5.24. The Morgan fingerprint density at radius 1 is 1.04 bits per heavy atom. The first-order valence-electron chi connectivity index (χ1n) is 9.19. The van der Waals surface area contributed by atoms with Crippen LogP contribution in [0.15, 0.2) is 54.6 Å². The van der Waals surface area contributed by atoms with Gasteiger partial charge >= 0.3 is 5.97 Å². The number of carbonyl (C=O) groups excluding carboxylic acids is 1. The lowest BCUT2D eigenvalue weighted by molar-refractivity contribution is -0.150. The van der Waals surface area contributed by atoms with Crippen LogP contribution in [0.2, 0.25) is 0 Å². The molecule has 3 rings (SSSR count). The molecule has 140 valence electrons. The molecule has 1 aliphatic rings. The third-order valence-corrected chi connectivity index (χ3v) is 6.31. The third-order valence-electron chi connectivity index (χ3n) is 6.31. The number of hydrogen-bond acceptors (Lipinski definition) is 4. The molecule has 0 aliphatic heterocycles. The van der Waals surface area contributed by atoms with E-state index in [0.717, 1.165) is 11.4 Å². The second-order valence-electron chi connectivity index (χ2n) is 8.31. The zero-order chi connectivity index (χ0) is 19.8. The topological polar surface area (TPSA) is 53.3 Å². The largest absolute Gasteiger partial charge is 0.442 e. The van der Waals surface area contributed by atoms with Gasteiger partial charge in [0, 0.05) is 24.0 Å². The van der Waals surface area contributed by atoms with Crippen LogP contribution in [0.1, 0.15) is 39.4 Å². The summed E-state index contributed by atoms with van der Waals surface area (Å²) < 4.78 is 5.60. The van der Waals surface area contributed by atoms with Crippen LogP contribution in [0.3, 0.4) is 0 Å². The Hall–Kier alpha value is -2.80. The fraction of sp³-hybridized carbons (Fsp3) is 0.391. The van der Waals surface area contributed by atoms with Crippen LogP contribution < -0.4 is 4.90 Å². The van der Waals surface area contributed by atoms with E-state index in [0.29, 0.717) is 5.56 Å². The number of anilines is 2. The molecular formula is C23H26N2O2. The molecule has 1 aliphatic carbocycles. The van der Waals surface area contributed by atoms with Gasteiger partial charge in [0.15, 0.2) is 0 Å². The van der Waals surface area contributed by atoms with Crippen molar-refractivity contribution in [2.75, 3.05) is 11.9 Å². The molecule has 0 radical (unpaired) electrons. The molecule has 1 unspecified atom stereocenters.